The molecular formula is C32H32O2. The monoisotopic (exact) mass is 448 g/mol. The first-order valence-electron chi connectivity index (χ1n) is 11.7. The molecule has 0 aliphatic heterocycles. The maximum Gasteiger partial charge on any atom is 0.130 e. The van der Waals surface area contributed by atoms with Gasteiger partial charge in [0.2, 0.25) is 0 Å². The second-order valence-electron chi connectivity index (χ2n) is 9.41. The van der Waals surface area contributed by atoms with Crippen molar-refractivity contribution < 1.29 is 9.47 Å². The molecule has 172 valence electrons. The first-order valence-corrected chi connectivity index (χ1v) is 11.7. The van der Waals surface area contributed by atoms with Gasteiger partial charge < -0.3 is 9.47 Å². The van der Waals surface area contributed by atoms with Crippen LogP contribution in [0.4, 0.5) is 0 Å². The van der Waals surface area contributed by atoms with Gasteiger partial charge in [-0.15, -0.1) is 0 Å². The van der Waals surface area contributed by atoms with Crippen LogP contribution >= 0.6 is 0 Å². The van der Waals surface area contributed by atoms with Crippen molar-refractivity contribution in [1.82, 2.24) is 0 Å². The average molecular weight is 449 g/mol. The van der Waals surface area contributed by atoms with Gasteiger partial charge >= 0.3 is 0 Å². The minimum Gasteiger partial charge on any atom is -0.496 e. The Morgan fingerprint density at radius 2 is 1.47 bits per heavy atom. The average Bonchev–Trinajstić information content (AvgIpc) is 2.86. The van der Waals surface area contributed by atoms with E-state index in [-0.39, 0.29) is 5.41 Å². The van der Waals surface area contributed by atoms with E-state index in [1.54, 1.807) is 7.11 Å². The predicted octanol–water partition coefficient (Wildman–Crippen LogP) is 8.41. The summed E-state index contributed by atoms with van der Waals surface area (Å²) in [5.74, 6) is 1.81. The molecule has 0 bridgehead atoms. The molecule has 0 aliphatic carbocycles. The van der Waals surface area contributed by atoms with Crippen molar-refractivity contribution in [3.63, 3.8) is 0 Å². The zero-order chi connectivity index (χ0) is 24.0. The minimum atomic E-state index is -0.0281. The Kier molecular flexibility index (Phi) is 7.18. The van der Waals surface area contributed by atoms with Crippen molar-refractivity contribution in [3.8, 4) is 22.6 Å². The van der Waals surface area contributed by atoms with E-state index in [1.165, 1.54) is 5.56 Å². The molecule has 34 heavy (non-hydrogen) atoms. The number of hydrogen-bond donors (Lipinski definition) is 0. The summed E-state index contributed by atoms with van der Waals surface area (Å²) < 4.78 is 12.0. The molecule has 0 atom stereocenters. The van der Waals surface area contributed by atoms with E-state index in [0.29, 0.717) is 6.61 Å². The zero-order valence-corrected chi connectivity index (χ0v) is 20.4. The van der Waals surface area contributed by atoms with Crippen LogP contribution < -0.4 is 9.47 Å². The third-order valence-corrected chi connectivity index (χ3v) is 5.84. The van der Waals surface area contributed by atoms with Gasteiger partial charge in [0, 0.05) is 16.7 Å². The van der Waals surface area contributed by atoms with Gasteiger partial charge in [0.25, 0.3) is 0 Å². The smallest absolute Gasteiger partial charge is 0.130 e. The van der Waals surface area contributed by atoms with Crippen molar-refractivity contribution >= 4 is 12.2 Å². The van der Waals surface area contributed by atoms with Crippen LogP contribution in [0.5, 0.6) is 11.5 Å². The highest BCUT2D eigenvalue weighted by molar-refractivity contribution is 5.78. The minimum absolute atomic E-state index is 0.0281. The Labute approximate surface area is 203 Å². The quantitative estimate of drug-likeness (QED) is 0.264. The van der Waals surface area contributed by atoms with Crippen LogP contribution in [0.2, 0.25) is 0 Å². The molecule has 0 N–H and O–H groups in total. The number of ether oxygens (including phenoxy) is 2. The fraction of sp³-hybridized carbons (Fsp3) is 0.188. The lowest BCUT2D eigenvalue weighted by Crippen LogP contribution is -2.14. The maximum atomic E-state index is 6.42. The first-order chi connectivity index (χ1) is 16.5. The first kappa shape index (κ1) is 23.4. The summed E-state index contributed by atoms with van der Waals surface area (Å²) in [4.78, 5) is 0. The van der Waals surface area contributed by atoms with Crippen molar-refractivity contribution in [1.29, 1.82) is 0 Å². The van der Waals surface area contributed by atoms with E-state index in [0.717, 1.165) is 39.3 Å². The van der Waals surface area contributed by atoms with E-state index < -0.39 is 0 Å². The van der Waals surface area contributed by atoms with Gasteiger partial charge in [-0.05, 0) is 34.2 Å². The molecule has 2 nitrogen and oxygen atoms in total. The van der Waals surface area contributed by atoms with Crippen molar-refractivity contribution in [2.24, 2.45) is 0 Å². The summed E-state index contributed by atoms with van der Waals surface area (Å²) in [5, 5.41) is 0. The van der Waals surface area contributed by atoms with E-state index in [2.05, 4.69) is 93.6 Å². The predicted molar refractivity (Wildman–Crippen MR) is 143 cm³/mol. The fourth-order valence-corrected chi connectivity index (χ4v) is 4.05. The lowest BCUT2D eigenvalue weighted by Gasteiger charge is -2.24. The highest BCUT2D eigenvalue weighted by atomic mass is 16.5. The zero-order valence-electron chi connectivity index (χ0n) is 20.4. The maximum absolute atomic E-state index is 6.42. The second-order valence-corrected chi connectivity index (χ2v) is 9.41. The van der Waals surface area contributed by atoms with E-state index in [1.807, 2.05) is 36.4 Å². The highest BCUT2D eigenvalue weighted by Crippen LogP contribution is 2.36. The summed E-state index contributed by atoms with van der Waals surface area (Å²) in [5.41, 5.74) is 6.74. The molecule has 0 saturated heterocycles. The van der Waals surface area contributed by atoms with Crippen molar-refractivity contribution in [3.05, 3.63) is 119 Å². The summed E-state index contributed by atoms with van der Waals surface area (Å²) in [7, 11) is 1.71. The molecule has 0 radical (unpaired) electrons. The Morgan fingerprint density at radius 3 is 2.24 bits per heavy atom. The lowest BCUT2D eigenvalue weighted by atomic mass is 9.85. The van der Waals surface area contributed by atoms with E-state index >= 15 is 0 Å². The Bertz CT molecular complexity index is 1260. The van der Waals surface area contributed by atoms with Crippen LogP contribution in [0.3, 0.4) is 0 Å². The largest absolute Gasteiger partial charge is 0.496 e. The molecule has 0 aromatic heterocycles. The van der Waals surface area contributed by atoms with Gasteiger partial charge in [-0.2, -0.15) is 0 Å². The van der Waals surface area contributed by atoms with Crippen molar-refractivity contribution in [2.45, 2.75) is 32.8 Å². The second kappa shape index (κ2) is 10.4. The van der Waals surface area contributed by atoms with Gasteiger partial charge in [0.1, 0.15) is 18.1 Å². The van der Waals surface area contributed by atoms with Gasteiger partial charge in [-0.3, -0.25) is 0 Å². The molecule has 0 fully saturated rings. The van der Waals surface area contributed by atoms with Gasteiger partial charge in [0.15, 0.2) is 0 Å². The summed E-state index contributed by atoms with van der Waals surface area (Å²) in [6.07, 6.45) is 4.30. The molecule has 0 heterocycles. The summed E-state index contributed by atoms with van der Waals surface area (Å²) >= 11 is 0. The third kappa shape index (κ3) is 5.58. The number of hydrogen-bond acceptors (Lipinski definition) is 2. The van der Waals surface area contributed by atoms with Crippen LogP contribution in [0.15, 0.2) is 97.1 Å². The molecule has 0 saturated carbocycles. The van der Waals surface area contributed by atoms with Crippen LogP contribution in [0.1, 0.15) is 43.0 Å². The molecule has 0 aliphatic rings. The number of para-hydroxylation sites is 2. The molecule has 0 amide bonds. The molecule has 4 aromatic carbocycles. The molecule has 0 unspecified atom stereocenters. The fourth-order valence-electron chi connectivity index (χ4n) is 4.05. The Hall–Kier alpha value is -3.78. The van der Waals surface area contributed by atoms with Gasteiger partial charge in [0.05, 0.1) is 7.11 Å². The standard InChI is InChI=1S/C32H32O2/c1-32(2,3)29-18-11-15-26(31(29)34-23-25-12-6-5-7-13-25)21-20-24-14-10-16-27(22-24)28-17-8-9-19-30(28)33-4/h5-22H,23H2,1-4H3. The lowest BCUT2D eigenvalue weighted by molar-refractivity contribution is 0.297. The number of benzene rings is 4. The summed E-state index contributed by atoms with van der Waals surface area (Å²) in [6, 6.07) is 33.3. The van der Waals surface area contributed by atoms with Gasteiger partial charge in [-0.25, -0.2) is 0 Å². The SMILES string of the molecule is COc1ccccc1-c1cccc(C=Cc2cccc(C(C)(C)C)c2OCc2ccccc2)c1. The number of methoxy groups -OCH3 is 1. The third-order valence-electron chi connectivity index (χ3n) is 5.84. The normalized spacial score (nSPS) is 11.5. The molecule has 4 rings (SSSR count). The molecule has 0 spiro atoms. The topological polar surface area (TPSA) is 18.5 Å². The molecular weight excluding hydrogens is 416 g/mol. The Morgan fingerprint density at radius 1 is 0.735 bits per heavy atom. The van der Waals surface area contributed by atoms with Crippen LogP contribution in [-0.4, -0.2) is 7.11 Å². The van der Waals surface area contributed by atoms with Crippen LogP contribution in [-0.2, 0) is 12.0 Å². The number of rotatable bonds is 7. The van der Waals surface area contributed by atoms with Crippen LogP contribution in [0.25, 0.3) is 23.3 Å². The molecule has 2 heteroatoms. The molecule has 4 aromatic rings. The van der Waals surface area contributed by atoms with Crippen molar-refractivity contribution in [2.75, 3.05) is 7.11 Å². The highest BCUT2D eigenvalue weighted by Gasteiger charge is 2.20. The van der Waals surface area contributed by atoms with E-state index in [4.69, 9.17) is 9.47 Å². The Balaban J connectivity index is 1.66. The van der Waals surface area contributed by atoms with Gasteiger partial charge in [-0.1, -0.05) is 118 Å². The van der Waals surface area contributed by atoms with E-state index in [9.17, 15) is 0 Å². The van der Waals surface area contributed by atoms with Crippen LogP contribution in [0, 0.1) is 0 Å². The summed E-state index contributed by atoms with van der Waals surface area (Å²) in [6.45, 7) is 7.21.